The predicted octanol–water partition coefficient (Wildman–Crippen LogP) is 4.82. The minimum atomic E-state index is -4.43. The molecule has 0 N–H and O–H groups in total. The Balaban J connectivity index is 2.48. The van der Waals surface area contributed by atoms with E-state index < -0.39 is 17.1 Å². The summed E-state index contributed by atoms with van der Waals surface area (Å²) in [5.74, 6) is 0.140. The van der Waals surface area contributed by atoms with Gasteiger partial charge in [0.05, 0.1) is 11.1 Å². The first-order chi connectivity index (χ1) is 8.79. The molecule has 0 aliphatic rings. The summed E-state index contributed by atoms with van der Waals surface area (Å²) in [7, 11) is 0. The molecular weight excluding hydrogens is 348 g/mol. The smallest absolute Gasteiger partial charge is 0.416 e. The molecule has 0 saturated carbocycles. The summed E-state index contributed by atoms with van der Waals surface area (Å²) in [6, 6.07) is 3.20. The molecule has 0 fully saturated rings. The van der Waals surface area contributed by atoms with E-state index in [-0.39, 0.29) is 17.3 Å². The van der Waals surface area contributed by atoms with Gasteiger partial charge in [0.2, 0.25) is 11.8 Å². The largest absolute Gasteiger partial charge is 0.419 e. The maximum Gasteiger partial charge on any atom is 0.416 e. The minimum Gasteiger partial charge on any atom is -0.419 e. The fourth-order valence-corrected chi connectivity index (χ4v) is 1.87. The highest BCUT2D eigenvalue weighted by Gasteiger charge is 2.31. The molecule has 0 saturated heterocycles. The summed E-state index contributed by atoms with van der Waals surface area (Å²) < 4.78 is 43.6. The van der Waals surface area contributed by atoms with E-state index >= 15 is 0 Å². The molecule has 19 heavy (non-hydrogen) atoms. The fraction of sp³-hybridized carbons (Fsp3) is 0.273. The van der Waals surface area contributed by atoms with E-state index in [0.29, 0.717) is 4.47 Å². The lowest BCUT2D eigenvalue weighted by molar-refractivity contribution is -0.137. The molecule has 8 heteroatoms. The van der Waals surface area contributed by atoms with Gasteiger partial charge in [-0.05, 0) is 41.1 Å². The number of hydrogen-bond acceptors (Lipinski definition) is 3. The first kappa shape index (κ1) is 14.3. The van der Waals surface area contributed by atoms with E-state index in [0.717, 1.165) is 12.1 Å². The Morgan fingerprint density at radius 1 is 1.32 bits per heavy atom. The lowest BCUT2D eigenvalue weighted by Gasteiger charge is -2.08. The molecule has 0 radical (unpaired) electrons. The van der Waals surface area contributed by atoms with Crippen LogP contribution in [0.5, 0.6) is 0 Å². The number of rotatable bonds is 2. The van der Waals surface area contributed by atoms with Crippen LogP contribution in [0.3, 0.4) is 0 Å². The van der Waals surface area contributed by atoms with Gasteiger partial charge in [-0.3, -0.25) is 0 Å². The van der Waals surface area contributed by atoms with Crippen molar-refractivity contribution in [2.45, 2.75) is 18.5 Å². The summed E-state index contributed by atoms with van der Waals surface area (Å²) >= 11 is 8.91. The third-order valence-corrected chi connectivity index (χ3v) is 3.18. The van der Waals surface area contributed by atoms with E-state index in [1.54, 1.807) is 6.92 Å². The number of halogens is 5. The van der Waals surface area contributed by atoms with Crippen molar-refractivity contribution in [2.24, 2.45) is 0 Å². The molecule has 3 nitrogen and oxygen atoms in total. The highest BCUT2D eigenvalue weighted by molar-refractivity contribution is 9.10. The quantitative estimate of drug-likeness (QED) is 0.725. The van der Waals surface area contributed by atoms with E-state index in [1.165, 1.54) is 6.07 Å². The van der Waals surface area contributed by atoms with E-state index in [1.807, 2.05) is 0 Å². The Morgan fingerprint density at radius 2 is 2.00 bits per heavy atom. The van der Waals surface area contributed by atoms with Gasteiger partial charge in [0, 0.05) is 4.47 Å². The second-order valence-corrected chi connectivity index (χ2v) is 5.26. The summed E-state index contributed by atoms with van der Waals surface area (Å²) in [4.78, 5) is 0. The Morgan fingerprint density at radius 3 is 2.53 bits per heavy atom. The van der Waals surface area contributed by atoms with Gasteiger partial charge in [-0.15, -0.1) is 21.8 Å². The summed E-state index contributed by atoms with van der Waals surface area (Å²) in [6.07, 6.45) is -4.43. The van der Waals surface area contributed by atoms with Gasteiger partial charge in [0.15, 0.2) is 0 Å². The van der Waals surface area contributed by atoms with E-state index in [4.69, 9.17) is 16.0 Å². The number of benzene rings is 1. The zero-order valence-corrected chi connectivity index (χ0v) is 11.8. The maximum absolute atomic E-state index is 12.6. The van der Waals surface area contributed by atoms with Crippen molar-refractivity contribution in [3.05, 3.63) is 34.1 Å². The van der Waals surface area contributed by atoms with Gasteiger partial charge in [-0.25, -0.2) is 0 Å². The molecular formula is C11H7BrClF3N2O. The lowest BCUT2D eigenvalue weighted by Crippen LogP contribution is -2.04. The van der Waals surface area contributed by atoms with Crippen molar-refractivity contribution in [3.8, 4) is 11.5 Å². The molecule has 0 aliphatic heterocycles. The third-order valence-electron chi connectivity index (χ3n) is 2.31. The minimum absolute atomic E-state index is 0.0134. The predicted molar refractivity (Wildman–Crippen MR) is 66.7 cm³/mol. The van der Waals surface area contributed by atoms with Gasteiger partial charge in [0.25, 0.3) is 0 Å². The van der Waals surface area contributed by atoms with Crippen molar-refractivity contribution < 1.29 is 17.6 Å². The van der Waals surface area contributed by atoms with Crippen LogP contribution in [0.1, 0.15) is 23.8 Å². The Hall–Kier alpha value is -1.08. The average Bonchev–Trinajstić information content (AvgIpc) is 2.77. The van der Waals surface area contributed by atoms with Crippen LogP contribution in [0.25, 0.3) is 11.5 Å². The van der Waals surface area contributed by atoms with Gasteiger partial charge < -0.3 is 4.42 Å². The molecule has 0 aliphatic carbocycles. The normalized spacial score (nSPS) is 13.6. The van der Waals surface area contributed by atoms with Crippen LogP contribution in [0.4, 0.5) is 13.2 Å². The second-order valence-electron chi connectivity index (χ2n) is 3.75. The van der Waals surface area contributed by atoms with Crippen LogP contribution >= 0.6 is 27.5 Å². The van der Waals surface area contributed by atoms with Gasteiger partial charge >= 0.3 is 6.18 Å². The van der Waals surface area contributed by atoms with Crippen molar-refractivity contribution in [1.29, 1.82) is 0 Å². The SMILES string of the molecule is CC(Cl)c1nnc(-c2cc(C(F)(F)F)ccc2Br)o1. The molecule has 2 aromatic rings. The van der Waals surface area contributed by atoms with Crippen molar-refractivity contribution in [2.75, 3.05) is 0 Å². The molecule has 1 aromatic heterocycles. The van der Waals surface area contributed by atoms with Crippen LogP contribution in [-0.2, 0) is 6.18 Å². The lowest BCUT2D eigenvalue weighted by atomic mass is 10.1. The molecule has 0 spiro atoms. The molecule has 102 valence electrons. The van der Waals surface area contributed by atoms with Crippen LogP contribution in [0.2, 0.25) is 0 Å². The first-order valence-corrected chi connectivity index (χ1v) is 6.36. The van der Waals surface area contributed by atoms with Gasteiger partial charge in [-0.2, -0.15) is 13.2 Å². The van der Waals surface area contributed by atoms with Crippen LogP contribution < -0.4 is 0 Å². The van der Waals surface area contributed by atoms with E-state index in [2.05, 4.69) is 26.1 Å². The molecule has 1 heterocycles. The fourth-order valence-electron chi connectivity index (χ4n) is 1.37. The zero-order valence-electron chi connectivity index (χ0n) is 9.50. The molecule has 2 rings (SSSR count). The number of aromatic nitrogens is 2. The Bertz CT molecular complexity index is 598. The monoisotopic (exact) mass is 354 g/mol. The molecule has 0 bridgehead atoms. The zero-order chi connectivity index (χ0) is 14.2. The average molecular weight is 356 g/mol. The highest BCUT2D eigenvalue weighted by atomic mass is 79.9. The number of hydrogen-bond donors (Lipinski definition) is 0. The topological polar surface area (TPSA) is 38.9 Å². The number of alkyl halides is 4. The summed E-state index contributed by atoms with van der Waals surface area (Å²) in [6.45, 7) is 1.63. The van der Waals surface area contributed by atoms with Crippen molar-refractivity contribution in [1.82, 2.24) is 10.2 Å². The maximum atomic E-state index is 12.6. The molecule has 1 unspecified atom stereocenters. The standard InChI is InChI=1S/C11H7BrClF3N2O/c1-5(13)9-17-18-10(19-9)7-4-6(11(14,15)16)2-3-8(7)12/h2-5H,1H3. The first-order valence-electron chi connectivity index (χ1n) is 5.13. The second kappa shape index (κ2) is 5.13. The summed E-state index contributed by atoms with van der Waals surface area (Å²) in [5, 5.41) is 6.86. The third kappa shape index (κ3) is 3.09. The Labute approximate surface area is 119 Å². The Kier molecular flexibility index (Phi) is 3.87. The van der Waals surface area contributed by atoms with Crippen LogP contribution in [-0.4, -0.2) is 10.2 Å². The van der Waals surface area contributed by atoms with Crippen molar-refractivity contribution in [3.63, 3.8) is 0 Å². The molecule has 0 amide bonds. The molecule has 1 aromatic carbocycles. The van der Waals surface area contributed by atoms with Crippen LogP contribution in [0.15, 0.2) is 27.1 Å². The van der Waals surface area contributed by atoms with Gasteiger partial charge in [0.1, 0.15) is 5.38 Å². The highest BCUT2D eigenvalue weighted by Crippen LogP contribution is 2.36. The molecule has 1 atom stereocenters. The van der Waals surface area contributed by atoms with Gasteiger partial charge in [-0.1, -0.05) is 0 Å². The van der Waals surface area contributed by atoms with Crippen LogP contribution in [0, 0.1) is 0 Å². The summed E-state index contributed by atoms with van der Waals surface area (Å²) in [5.41, 5.74) is -0.615. The van der Waals surface area contributed by atoms with E-state index in [9.17, 15) is 13.2 Å². The number of nitrogens with zero attached hydrogens (tertiary/aromatic N) is 2. The van der Waals surface area contributed by atoms with Crippen molar-refractivity contribution >= 4 is 27.5 Å².